The van der Waals surface area contributed by atoms with E-state index in [0.717, 1.165) is 13.0 Å². The SMILES string of the molecule is COc1ccc(C(=O)N2CCC(C)C(OC)C2)cc1N. The number of carbonyl (C=O) groups is 1. The normalized spacial score (nSPS) is 22.6. The molecule has 2 atom stereocenters. The van der Waals surface area contributed by atoms with E-state index in [9.17, 15) is 4.79 Å². The van der Waals surface area contributed by atoms with Gasteiger partial charge in [0.25, 0.3) is 5.91 Å². The Morgan fingerprint density at radius 2 is 2.15 bits per heavy atom. The van der Waals surface area contributed by atoms with E-state index in [1.165, 1.54) is 0 Å². The lowest BCUT2D eigenvalue weighted by atomic mass is 9.95. The summed E-state index contributed by atoms with van der Waals surface area (Å²) < 4.78 is 10.5. The number of carbonyl (C=O) groups excluding carboxylic acids is 1. The Morgan fingerprint density at radius 3 is 2.75 bits per heavy atom. The Bertz CT molecular complexity index is 490. The van der Waals surface area contributed by atoms with Crippen molar-refractivity contribution in [2.24, 2.45) is 5.92 Å². The largest absolute Gasteiger partial charge is 0.495 e. The molecular formula is C15H22N2O3. The molecule has 5 heteroatoms. The molecule has 1 aromatic rings. The zero-order chi connectivity index (χ0) is 14.7. The maximum absolute atomic E-state index is 12.5. The lowest BCUT2D eigenvalue weighted by Crippen LogP contribution is -2.46. The van der Waals surface area contributed by atoms with Crippen molar-refractivity contribution in [3.63, 3.8) is 0 Å². The van der Waals surface area contributed by atoms with Crippen molar-refractivity contribution in [1.29, 1.82) is 0 Å². The lowest BCUT2D eigenvalue weighted by molar-refractivity contribution is -0.00156. The summed E-state index contributed by atoms with van der Waals surface area (Å²) >= 11 is 0. The number of methoxy groups -OCH3 is 2. The monoisotopic (exact) mass is 278 g/mol. The van der Waals surface area contributed by atoms with Gasteiger partial charge in [-0.3, -0.25) is 4.79 Å². The average Bonchev–Trinajstić information content (AvgIpc) is 2.47. The second kappa shape index (κ2) is 6.13. The summed E-state index contributed by atoms with van der Waals surface area (Å²) in [6, 6.07) is 5.14. The molecule has 0 aromatic heterocycles. The predicted molar refractivity (Wildman–Crippen MR) is 77.9 cm³/mol. The van der Waals surface area contributed by atoms with Gasteiger partial charge in [-0.2, -0.15) is 0 Å². The van der Waals surface area contributed by atoms with Gasteiger partial charge >= 0.3 is 0 Å². The number of piperidine rings is 1. The number of anilines is 1. The van der Waals surface area contributed by atoms with Crippen LogP contribution >= 0.6 is 0 Å². The van der Waals surface area contributed by atoms with Gasteiger partial charge < -0.3 is 20.1 Å². The Morgan fingerprint density at radius 1 is 1.40 bits per heavy atom. The molecule has 0 radical (unpaired) electrons. The van der Waals surface area contributed by atoms with Crippen molar-refractivity contribution in [3.05, 3.63) is 23.8 Å². The Kier molecular flexibility index (Phi) is 4.49. The van der Waals surface area contributed by atoms with Gasteiger partial charge in [-0.05, 0) is 30.5 Å². The summed E-state index contributed by atoms with van der Waals surface area (Å²) in [6.45, 7) is 3.54. The first kappa shape index (κ1) is 14.7. The summed E-state index contributed by atoms with van der Waals surface area (Å²) in [6.07, 6.45) is 1.05. The zero-order valence-electron chi connectivity index (χ0n) is 12.3. The number of rotatable bonds is 3. The molecule has 1 aromatic carbocycles. The van der Waals surface area contributed by atoms with Crippen molar-refractivity contribution in [2.45, 2.75) is 19.4 Å². The van der Waals surface area contributed by atoms with Crippen LogP contribution in [0.1, 0.15) is 23.7 Å². The third-order valence-electron chi connectivity index (χ3n) is 3.96. The van der Waals surface area contributed by atoms with E-state index < -0.39 is 0 Å². The second-order valence-corrected chi connectivity index (χ2v) is 5.25. The number of likely N-dealkylation sites (tertiary alicyclic amines) is 1. The molecule has 20 heavy (non-hydrogen) atoms. The van der Waals surface area contributed by atoms with Crippen molar-refractivity contribution >= 4 is 11.6 Å². The summed E-state index contributed by atoms with van der Waals surface area (Å²) in [5.74, 6) is 1.06. The standard InChI is InChI=1S/C15H22N2O3/c1-10-6-7-17(9-14(10)20-3)15(18)11-4-5-13(19-2)12(16)8-11/h4-5,8,10,14H,6-7,9,16H2,1-3H3. The topological polar surface area (TPSA) is 64.8 Å². The number of benzene rings is 1. The van der Waals surface area contributed by atoms with E-state index in [-0.39, 0.29) is 12.0 Å². The quantitative estimate of drug-likeness (QED) is 0.856. The number of nitrogens with two attached hydrogens (primary N) is 1. The lowest BCUT2D eigenvalue weighted by Gasteiger charge is -2.36. The van der Waals surface area contributed by atoms with Gasteiger partial charge in [-0.15, -0.1) is 0 Å². The zero-order valence-corrected chi connectivity index (χ0v) is 12.3. The maximum atomic E-state index is 12.5. The first-order chi connectivity index (χ1) is 9.56. The van der Waals surface area contributed by atoms with E-state index in [4.69, 9.17) is 15.2 Å². The van der Waals surface area contributed by atoms with E-state index >= 15 is 0 Å². The first-order valence-corrected chi connectivity index (χ1v) is 6.82. The smallest absolute Gasteiger partial charge is 0.254 e. The van der Waals surface area contributed by atoms with Crippen LogP contribution in [0.2, 0.25) is 0 Å². The highest BCUT2D eigenvalue weighted by Gasteiger charge is 2.29. The van der Waals surface area contributed by atoms with Gasteiger partial charge in [-0.25, -0.2) is 0 Å². The minimum atomic E-state index is -0.00620. The number of hydrogen-bond acceptors (Lipinski definition) is 4. The summed E-state index contributed by atoms with van der Waals surface area (Å²) in [4.78, 5) is 14.3. The molecule has 2 rings (SSSR count). The number of nitrogen functional groups attached to an aromatic ring is 1. The first-order valence-electron chi connectivity index (χ1n) is 6.82. The second-order valence-electron chi connectivity index (χ2n) is 5.25. The Balaban J connectivity index is 2.13. The Hall–Kier alpha value is -1.75. The average molecular weight is 278 g/mol. The van der Waals surface area contributed by atoms with Crippen LogP contribution in [0.15, 0.2) is 18.2 Å². The predicted octanol–water partition coefficient (Wildman–Crippen LogP) is 1.77. The molecule has 2 N–H and O–H groups in total. The van der Waals surface area contributed by atoms with Crippen LogP contribution in [0.25, 0.3) is 0 Å². The highest BCUT2D eigenvalue weighted by atomic mass is 16.5. The molecular weight excluding hydrogens is 256 g/mol. The van der Waals surface area contributed by atoms with Crippen LogP contribution in [0, 0.1) is 5.92 Å². The minimum Gasteiger partial charge on any atom is -0.495 e. The fraction of sp³-hybridized carbons (Fsp3) is 0.533. The molecule has 110 valence electrons. The van der Waals surface area contributed by atoms with Gasteiger partial charge in [0.1, 0.15) is 5.75 Å². The fourth-order valence-electron chi connectivity index (χ4n) is 2.58. The molecule has 1 fully saturated rings. The summed E-state index contributed by atoms with van der Waals surface area (Å²) in [5, 5.41) is 0. The van der Waals surface area contributed by atoms with Gasteiger partial charge in [-0.1, -0.05) is 6.92 Å². The van der Waals surface area contributed by atoms with Crippen molar-refractivity contribution in [2.75, 3.05) is 33.0 Å². The van der Waals surface area contributed by atoms with Gasteiger partial charge in [0, 0.05) is 25.8 Å². The van der Waals surface area contributed by atoms with Crippen LogP contribution in [0.3, 0.4) is 0 Å². The van der Waals surface area contributed by atoms with Gasteiger partial charge in [0.15, 0.2) is 0 Å². The highest BCUT2D eigenvalue weighted by Crippen LogP contribution is 2.25. The molecule has 1 aliphatic heterocycles. The van der Waals surface area contributed by atoms with Crippen LogP contribution < -0.4 is 10.5 Å². The maximum Gasteiger partial charge on any atom is 0.254 e. The molecule has 2 unspecified atom stereocenters. The number of amides is 1. The van der Waals surface area contributed by atoms with Crippen molar-refractivity contribution in [3.8, 4) is 5.75 Å². The van der Waals surface area contributed by atoms with Crippen molar-refractivity contribution < 1.29 is 14.3 Å². The molecule has 1 saturated heterocycles. The van der Waals surface area contributed by atoms with Crippen LogP contribution in [0.4, 0.5) is 5.69 Å². The van der Waals surface area contributed by atoms with Crippen LogP contribution in [-0.4, -0.2) is 44.2 Å². The molecule has 1 aliphatic rings. The van der Waals surface area contributed by atoms with Gasteiger partial charge in [0.05, 0.1) is 18.9 Å². The van der Waals surface area contributed by atoms with E-state index in [1.807, 2.05) is 4.90 Å². The molecule has 0 aliphatic carbocycles. The molecule has 0 bridgehead atoms. The third kappa shape index (κ3) is 2.88. The minimum absolute atomic E-state index is 0.00620. The van der Waals surface area contributed by atoms with Crippen LogP contribution in [0.5, 0.6) is 5.75 Å². The highest BCUT2D eigenvalue weighted by molar-refractivity contribution is 5.95. The molecule has 0 spiro atoms. The summed E-state index contributed by atoms with van der Waals surface area (Å²) in [5.41, 5.74) is 6.92. The molecule has 1 heterocycles. The number of nitrogens with zero attached hydrogens (tertiary/aromatic N) is 1. The summed E-state index contributed by atoms with van der Waals surface area (Å²) in [7, 11) is 3.25. The number of ether oxygens (including phenoxy) is 2. The van der Waals surface area contributed by atoms with E-state index in [1.54, 1.807) is 32.4 Å². The molecule has 0 saturated carbocycles. The van der Waals surface area contributed by atoms with Crippen molar-refractivity contribution in [1.82, 2.24) is 4.90 Å². The molecule has 5 nitrogen and oxygen atoms in total. The van der Waals surface area contributed by atoms with E-state index in [2.05, 4.69) is 6.92 Å². The van der Waals surface area contributed by atoms with Gasteiger partial charge in [0.2, 0.25) is 0 Å². The third-order valence-corrected chi connectivity index (χ3v) is 3.96. The van der Waals surface area contributed by atoms with E-state index in [0.29, 0.717) is 29.5 Å². The Labute approximate surface area is 119 Å². The fourth-order valence-corrected chi connectivity index (χ4v) is 2.58. The number of hydrogen-bond donors (Lipinski definition) is 1. The van der Waals surface area contributed by atoms with Crippen LogP contribution in [-0.2, 0) is 4.74 Å². The molecule has 1 amide bonds.